The Morgan fingerprint density at radius 1 is 1.13 bits per heavy atom. The molecule has 170 valence electrons. The van der Waals surface area contributed by atoms with Crippen molar-refractivity contribution in [2.75, 3.05) is 25.2 Å². The fraction of sp³-hybridized carbons (Fsp3) is 0.609. The van der Waals surface area contributed by atoms with Crippen LogP contribution in [0.15, 0.2) is 36.7 Å². The van der Waals surface area contributed by atoms with Crippen LogP contribution in [0.3, 0.4) is 0 Å². The predicted molar refractivity (Wildman–Crippen MR) is 123 cm³/mol. The highest BCUT2D eigenvalue weighted by Gasteiger charge is 2.37. The van der Waals surface area contributed by atoms with Gasteiger partial charge in [0, 0.05) is 36.1 Å². The van der Waals surface area contributed by atoms with Crippen LogP contribution < -0.4 is 0 Å². The Bertz CT molecular complexity index is 968. The highest BCUT2D eigenvalue weighted by atomic mass is 35.5. The van der Waals surface area contributed by atoms with Crippen LogP contribution in [0, 0.1) is 6.92 Å². The molecule has 2 fully saturated rings. The van der Waals surface area contributed by atoms with Crippen LogP contribution in [-0.2, 0) is 21.0 Å². The average molecular weight is 466 g/mol. The topological polar surface area (TPSA) is 64.4 Å². The lowest BCUT2D eigenvalue weighted by atomic mass is 9.88. The first kappa shape index (κ1) is 22.8. The molecule has 0 radical (unpaired) electrons. The van der Waals surface area contributed by atoms with Gasteiger partial charge in [-0.15, -0.1) is 0 Å². The summed E-state index contributed by atoms with van der Waals surface area (Å²) in [6.07, 6.45) is 10.3. The summed E-state index contributed by atoms with van der Waals surface area (Å²) < 4.78 is 31.9. The molecule has 4 rings (SSSR count). The number of benzene rings is 1. The molecule has 2 heterocycles. The van der Waals surface area contributed by atoms with E-state index in [0.717, 1.165) is 37.1 Å². The van der Waals surface area contributed by atoms with E-state index in [1.165, 1.54) is 17.4 Å². The highest BCUT2D eigenvalue weighted by Crippen LogP contribution is 2.33. The van der Waals surface area contributed by atoms with E-state index in [-0.39, 0.29) is 17.9 Å². The summed E-state index contributed by atoms with van der Waals surface area (Å²) in [6.45, 7) is 3.30. The SMILES string of the molecule is Cc1cnn(C2CCC(N3C[C@H](CS(C)(=O)=O)OC[C@@H]3Cc3ccc(Cl)cc3)CC2)c1. The number of halogens is 1. The van der Waals surface area contributed by atoms with Gasteiger partial charge >= 0.3 is 0 Å². The average Bonchev–Trinajstić information content (AvgIpc) is 3.16. The van der Waals surface area contributed by atoms with Gasteiger partial charge in [-0.1, -0.05) is 23.7 Å². The molecule has 31 heavy (non-hydrogen) atoms. The predicted octanol–water partition coefficient (Wildman–Crippen LogP) is 3.69. The fourth-order valence-corrected chi connectivity index (χ4v) is 6.02. The lowest BCUT2D eigenvalue weighted by Gasteiger charge is -2.46. The molecule has 1 aromatic carbocycles. The van der Waals surface area contributed by atoms with E-state index < -0.39 is 9.84 Å². The second-order valence-corrected chi connectivity index (χ2v) is 11.8. The summed E-state index contributed by atoms with van der Waals surface area (Å²) >= 11 is 6.05. The molecule has 1 aromatic heterocycles. The summed E-state index contributed by atoms with van der Waals surface area (Å²) in [7, 11) is -3.08. The molecule has 1 saturated carbocycles. The van der Waals surface area contributed by atoms with Gasteiger partial charge in [0.2, 0.25) is 0 Å². The Kier molecular flexibility index (Phi) is 7.06. The number of morpholine rings is 1. The zero-order valence-corrected chi connectivity index (χ0v) is 19.9. The zero-order valence-electron chi connectivity index (χ0n) is 18.3. The van der Waals surface area contributed by atoms with Crippen molar-refractivity contribution in [1.82, 2.24) is 14.7 Å². The van der Waals surface area contributed by atoms with Crippen molar-refractivity contribution in [1.29, 1.82) is 0 Å². The first-order valence-corrected chi connectivity index (χ1v) is 13.5. The lowest BCUT2D eigenvalue weighted by molar-refractivity contribution is -0.0765. The third-order valence-electron chi connectivity index (χ3n) is 6.52. The number of hydrogen-bond acceptors (Lipinski definition) is 5. The number of rotatable bonds is 6. The van der Waals surface area contributed by atoms with Gasteiger partial charge in [0.15, 0.2) is 0 Å². The van der Waals surface area contributed by atoms with Crippen LogP contribution in [0.4, 0.5) is 0 Å². The molecule has 0 spiro atoms. The maximum atomic E-state index is 11.9. The molecule has 2 atom stereocenters. The molecular formula is C23H32ClN3O3S. The largest absolute Gasteiger partial charge is 0.374 e. The molecule has 2 aliphatic rings. The van der Waals surface area contributed by atoms with E-state index >= 15 is 0 Å². The lowest BCUT2D eigenvalue weighted by Crippen LogP contribution is -2.56. The minimum absolute atomic E-state index is 0.0824. The quantitative estimate of drug-likeness (QED) is 0.651. The Morgan fingerprint density at radius 3 is 2.42 bits per heavy atom. The van der Waals surface area contributed by atoms with Crippen LogP contribution in [0.2, 0.25) is 5.02 Å². The third-order valence-corrected chi connectivity index (χ3v) is 7.75. The number of ether oxygens (including phenoxy) is 1. The van der Waals surface area contributed by atoms with Crippen molar-refractivity contribution in [2.24, 2.45) is 0 Å². The summed E-state index contributed by atoms with van der Waals surface area (Å²) in [5.74, 6) is 0.0824. The molecule has 1 saturated heterocycles. The van der Waals surface area contributed by atoms with E-state index in [2.05, 4.69) is 39.9 Å². The second kappa shape index (κ2) is 9.61. The van der Waals surface area contributed by atoms with Gasteiger partial charge in [-0.25, -0.2) is 8.42 Å². The first-order valence-electron chi connectivity index (χ1n) is 11.1. The van der Waals surface area contributed by atoms with Crippen LogP contribution in [0.5, 0.6) is 0 Å². The van der Waals surface area contributed by atoms with E-state index in [1.54, 1.807) is 0 Å². The molecule has 1 aliphatic carbocycles. The minimum Gasteiger partial charge on any atom is -0.374 e. The van der Waals surface area contributed by atoms with Crippen LogP contribution in [0.1, 0.15) is 42.9 Å². The number of hydrogen-bond donors (Lipinski definition) is 0. The number of sulfone groups is 1. The van der Waals surface area contributed by atoms with Gasteiger partial charge in [0.1, 0.15) is 9.84 Å². The normalized spacial score (nSPS) is 28.0. The monoisotopic (exact) mass is 465 g/mol. The van der Waals surface area contributed by atoms with Gasteiger partial charge in [-0.3, -0.25) is 9.58 Å². The smallest absolute Gasteiger partial charge is 0.150 e. The van der Waals surface area contributed by atoms with Crippen molar-refractivity contribution in [3.05, 3.63) is 52.8 Å². The summed E-state index contributed by atoms with van der Waals surface area (Å²) in [5, 5.41) is 5.25. The standard InChI is InChI=1S/C23H32ClN3O3S/c1-17-12-25-27(13-17)21-9-7-20(8-10-21)26-14-23(16-31(2,28)29)30-15-22(26)11-18-3-5-19(24)6-4-18/h3-6,12-13,20-23H,7-11,14-16H2,1-2H3/t20?,21?,22-,23+/m0/s1. The van der Waals surface area contributed by atoms with Gasteiger partial charge in [0.05, 0.1) is 30.7 Å². The number of aromatic nitrogens is 2. The molecule has 0 amide bonds. The van der Waals surface area contributed by atoms with Gasteiger partial charge in [-0.2, -0.15) is 5.10 Å². The summed E-state index contributed by atoms with van der Waals surface area (Å²) in [6, 6.07) is 9.12. The van der Waals surface area contributed by atoms with Crippen molar-refractivity contribution >= 4 is 21.4 Å². The molecule has 0 N–H and O–H groups in total. The van der Waals surface area contributed by atoms with Crippen molar-refractivity contribution < 1.29 is 13.2 Å². The molecular weight excluding hydrogens is 434 g/mol. The van der Waals surface area contributed by atoms with Gasteiger partial charge in [0.25, 0.3) is 0 Å². The van der Waals surface area contributed by atoms with E-state index in [9.17, 15) is 8.42 Å². The summed E-state index contributed by atoms with van der Waals surface area (Å²) in [5.41, 5.74) is 2.42. The molecule has 1 aliphatic heterocycles. The summed E-state index contributed by atoms with van der Waals surface area (Å²) in [4.78, 5) is 2.53. The molecule has 0 bridgehead atoms. The van der Waals surface area contributed by atoms with Gasteiger partial charge in [-0.05, 0) is 62.3 Å². The number of aryl methyl sites for hydroxylation is 1. The van der Waals surface area contributed by atoms with Crippen LogP contribution >= 0.6 is 11.6 Å². The Hall–Kier alpha value is -1.41. The van der Waals surface area contributed by atoms with Crippen molar-refractivity contribution in [2.45, 2.75) is 63.3 Å². The molecule has 8 heteroatoms. The highest BCUT2D eigenvalue weighted by molar-refractivity contribution is 7.90. The van der Waals surface area contributed by atoms with E-state index in [1.807, 2.05) is 18.3 Å². The maximum Gasteiger partial charge on any atom is 0.150 e. The van der Waals surface area contributed by atoms with E-state index in [0.29, 0.717) is 25.2 Å². The Labute approximate surface area is 190 Å². The van der Waals surface area contributed by atoms with E-state index in [4.69, 9.17) is 16.3 Å². The molecule has 6 nitrogen and oxygen atoms in total. The number of nitrogens with zero attached hydrogens (tertiary/aromatic N) is 3. The Balaban J connectivity index is 1.45. The van der Waals surface area contributed by atoms with Crippen LogP contribution in [0.25, 0.3) is 0 Å². The molecule has 2 aromatic rings. The van der Waals surface area contributed by atoms with Gasteiger partial charge < -0.3 is 4.74 Å². The van der Waals surface area contributed by atoms with Crippen molar-refractivity contribution in [3.63, 3.8) is 0 Å². The fourth-order valence-electron chi connectivity index (χ4n) is 5.02. The van der Waals surface area contributed by atoms with Crippen molar-refractivity contribution in [3.8, 4) is 0 Å². The third kappa shape index (κ3) is 6.09. The maximum absolute atomic E-state index is 11.9. The minimum atomic E-state index is -3.08. The second-order valence-electron chi connectivity index (χ2n) is 9.19. The Morgan fingerprint density at radius 2 is 1.81 bits per heavy atom. The zero-order chi connectivity index (χ0) is 22.0. The molecule has 0 unspecified atom stereocenters. The van der Waals surface area contributed by atoms with Crippen LogP contribution in [-0.4, -0.2) is 66.4 Å². The first-order chi connectivity index (χ1) is 14.8.